The summed E-state index contributed by atoms with van der Waals surface area (Å²) in [5, 5.41) is 19.3. The predicted molar refractivity (Wildman–Crippen MR) is 147 cm³/mol. The lowest BCUT2D eigenvalue weighted by Crippen LogP contribution is -2.13. The number of nitrogens with one attached hydrogen (secondary N) is 1. The van der Waals surface area contributed by atoms with E-state index in [2.05, 4.69) is 39.4 Å². The van der Waals surface area contributed by atoms with Gasteiger partial charge >= 0.3 is 0 Å². The molecule has 0 unspecified atom stereocenters. The third-order valence-electron chi connectivity index (χ3n) is 6.70. The molecule has 0 aliphatic heterocycles. The molecule has 0 fully saturated rings. The highest BCUT2D eigenvalue weighted by Crippen LogP contribution is 2.36. The maximum absolute atomic E-state index is 9.49. The lowest BCUT2D eigenvalue weighted by molar-refractivity contribution is 0.483. The van der Waals surface area contributed by atoms with Gasteiger partial charge in [0.15, 0.2) is 0 Å². The normalized spacial score (nSPS) is 11.5. The SMILES string of the molecule is CC(C)(C#N)c1ccc(-c2n[nH]c3cnc4ccc(-c5cccc(Oc6ccccc6)c5)cc4c23)cc1. The largest absolute Gasteiger partial charge is 0.457 e. The average Bonchev–Trinajstić information content (AvgIpc) is 3.38. The minimum absolute atomic E-state index is 0.545. The second-order valence-electron chi connectivity index (χ2n) is 9.61. The standard InChI is InChI=1S/C32H24N4O/c1-32(2,20-33)24-14-11-21(12-15-24)31-30-27-18-23(13-16-28(27)34-19-29(30)35-36-31)22-7-6-10-26(17-22)37-25-8-4-3-5-9-25/h3-19H,1-2H3,(H,35,36). The summed E-state index contributed by atoms with van der Waals surface area (Å²) in [4.78, 5) is 4.65. The van der Waals surface area contributed by atoms with Crippen LogP contribution in [0.25, 0.3) is 44.2 Å². The van der Waals surface area contributed by atoms with E-state index in [0.717, 1.165) is 61.3 Å². The molecule has 0 bridgehead atoms. The van der Waals surface area contributed by atoms with Crippen LogP contribution in [0.3, 0.4) is 0 Å². The summed E-state index contributed by atoms with van der Waals surface area (Å²) in [5.74, 6) is 1.58. The summed E-state index contributed by atoms with van der Waals surface area (Å²) < 4.78 is 6.06. The number of aromatic amines is 1. The average molecular weight is 481 g/mol. The van der Waals surface area contributed by atoms with Crippen LogP contribution in [0, 0.1) is 11.3 Å². The zero-order chi connectivity index (χ0) is 25.4. The molecule has 0 radical (unpaired) electrons. The Morgan fingerprint density at radius 2 is 1.51 bits per heavy atom. The molecular weight excluding hydrogens is 456 g/mol. The Labute approximate surface area is 215 Å². The highest BCUT2D eigenvalue weighted by atomic mass is 16.5. The molecule has 0 saturated carbocycles. The third-order valence-corrected chi connectivity index (χ3v) is 6.70. The van der Waals surface area contributed by atoms with Crippen molar-refractivity contribution in [2.45, 2.75) is 19.3 Å². The van der Waals surface area contributed by atoms with Crippen LogP contribution in [0.4, 0.5) is 0 Å². The first kappa shape index (κ1) is 22.5. The second-order valence-corrected chi connectivity index (χ2v) is 9.61. The van der Waals surface area contributed by atoms with E-state index in [1.807, 2.05) is 98.9 Å². The van der Waals surface area contributed by atoms with Crippen molar-refractivity contribution in [3.8, 4) is 40.0 Å². The Kier molecular flexibility index (Phi) is 5.43. The highest BCUT2D eigenvalue weighted by molar-refractivity contribution is 6.11. The van der Waals surface area contributed by atoms with E-state index in [1.165, 1.54) is 0 Å². The van der Waals surface area contributed by atoms with Gasteiger partial charge in [-0.2, -0.15) is 10.4 Å². The Hall–Kier alpha value is -4.95. The summed E-state index contributed by atoms with van der Waals surface area (Å²) >= 11 is 0. The fraction of sp³-hybridized carbons (Fsp3) is 0.0938. The van der Waals surface area contributed by atoms with Crippen LogP contribution in [-0.4, -0.2) is 15.2 Å². The first-order chi connectivity index (χ1) is 18.0. The molecule has 0 aliphatic carbocycles. The van der Waals surface area contributed by atoms with Gasteiger partial charge in [-0.15, -0.1) is 0 Å². The topological polar surface area (TPSA) is 74.6 Å². The van der Waals surface area contributed by atoms with E-state index in [4.69, 9.17) is 4.74 Å². The Balaban J connectivity index is 1.43. The van der Waals surface area contributed by atoms with Gasteiger partial charge in [0.2, 0.25) is 0 Å². The summed E-state index contributed by atoms with van der Waals surface area (Å²) in [6.45, 7) is 3.85. The molecule has 5 nitrogen and oxygen atoms in total. The first-order valence-corrected chi connectivity index (χ1v) is 12.1. The number of fused-ring (bicyclic) bond motifs is 3. The highest BCUT2D eigenvalue weighted by Gasteiger charge is 2.20. The summed E-state index contributed by atoms with van der Waals surface area (Å²) in [6, 6.07) is 34.6. The quantitative estimate of drug-likeness (QED) is 0.271. The fourth-order valence-electron chi connectivity index (χ4n) is 4.57. The molecule has 37 heavy (non-hydrogen) atoms. The van der Waals surface area contributed by atoms with Crippen molar-refractivity contribution in [2.24, 2.45) is 0 Å². The molecular formula is C32H24N4O. The third kappa shape index (κ3) is 4.19. The molecule has 178 valence electrons. The van der Waals surface area contributed by atoms with Crippen molar-refractivity contribution in [1.82, 2.24) is 15.2 Å². The van der Waals surface area contributed by atoms with Crippen LogP contribution in [-0.2, 0) is 5.41 Å². The van der Waals surface area contributed by atoms with E-state index in [1.54, 1.807) is 0 Å². The number of benzene rings is 4. The van der Waals surface area contributed by atoms with Gasteiger partial charge in [0.1, 0.15) is 17.2 Å². The van der Waals surface area contributed by atoms with Crippen LogP contribution >= 0.6 is 0 Å². The number of rotatable bonds is 5. The van der Waals surface area contributed by atoms with Crippen molar-refractivity contribution in [2.75, 3.05) is 0 Å². The minimum atomic E-state index is -0.545. The number of hydrogen-bond acceptors (Lipinski definition) is 4. The Bertz CT molecular complexity index is 1780. The number of pyridine rings is 1. The lowest BCUT2D eigenvalue weighted by Gasteiger charge is -2.15. The summed E-state index contributed by atoms with van der Waals surface area (Å²) in [6.07, 6.45) is 1.83. The molecule has 6 rings (SSSR count). The zero-order valence-corrected chi connectivity index (χ0v) is 20.6. The molecule has 0 amide bonds. The molecule has 0 aliphatic rings. The Morgan fingerprint density at radius 1 is 0.784 bits per heavy atom. The van der Waals surface area contributed by atoms with Gasteiger partial charge in [-0.25, -0.2) is 0 Å². The van der Waals surface area contributed by atoms with Gasteiger partial charge in [-0.1, -0.05) is 60.7 Å². The van der Waals surface area contributed by atoms with Crippen LogP contribution in [0.2, 0.25) is 0 Å². The number of nitrogens with zero attached hydrogens (tertiary/aromatic N) is 3. The van der Waals surface area contributed by atoms with Crippen molar-refractivity contribution < 1.29 is 4.74 Å². The van der Waals surface area contributed by atoms with Crippen LogP contribution in [0.5, 0.6) is 11.5 Å². The summed E-state index contributed by atoms with van der Waals surface area (Å²) in [5.41, 5.74) is 6.18. The number of H-pyrrole nitrogens is 1. The predicted octanol–water partition coefficient (Wildman–Crippen LogP) is 8.04. The lowest BCUT2D eigenvalue weighted by atomic mass is 9.86. The fourth-order valence-corrected chi connectivity index (χ4v) is 4.57. The molecule has 0 saturated heterocycles. The van der Waals surface area contributed by atoms with Gasteiger partial charge in [0.25, 0.3) is 0 Å². The molecule has 5 heteroatoms. The maximum atomic E-state index is 9.49. The van der Waals surface area contributed by atoms with Gasteiger partial charge in [0.05, 0.1) is 28.7 Å². The molecule has 0 atom stereocenters. The van der Waals surface area contributed by atoms with Gasteiger partial charge in [-0.05, 0) is 66.9 Å². The molecule has 0 spiro atoms. The smallest absolute Gasteiger partial charge is 0.128 e. The van der Waals surface area contributed by atoms with Crippen molar-refractivity contribution in [3.63, 3.8) is 0 Å². The molecule has 6 aromatic rings. The summed E-state index contributed by atoms with van der Waals surface area (Å²) in [7, 11) is 0. The van der Waals surface area contributed by atoms with E-state index in [-0.39, 0.29) is 0 Å². The number of para-hydroxylation sites is 1. The number of nitriles is 1. The van der Waals surface area contributed by atoms with Crippen molar-refractivity contribution in [3.05, 3.63) is 109 Å². The molecule has 1 N–H and O–H groups in total. The van der Waals surface area contributed by atoms with Crippen LogP contribution < -0.4 is 4.74 Å². The van der Waals surface area contributed by atoms with Gasteiger partial charge < -0.3 is 4.74 Å². The van der Waals surface area contributed by atoms with Crippen molar-refractivity contribution in [1.29, 1.82) is 5.26 Å². The van der Waals surface area contributed by atoms with E-state index >= 15 is 0 Å². The Morgan fingerprint density at radius 3 is 2.30 bits per heavy atom. The first-order valence-electron chi connectivity index (χ1n) is 12.1. The van der Waals surface area contributed by atoms with E-state index in [9.17, 15) is 5.26 Å². The maximum Gasteiger partial charge on any atom is 0.128 e. The van der Waals surface area contributed by atoms with E-state index < -0.39 is 5.41 Å². The van der Waals surface area contributed by atoms with Gasteiger partial charge in [0, 0.05) is 16.3 Å². The van der Waals surface area contributed by atoms with Crippen molar-refractivity contribution >= 4 is 21.8 Å². The number of aromatic nitrogens is 3. The van der Waals surface area contributed by atoms with Crippen LogP contribution in [0.15, 0.2) is 103 Å². The van der Waals surface area contributed by atoms with E-state index in [0.29, 0.717) is 0 Å². The minimum Gasteiger partial charge on any atom is -0.457 e. The van der Waals surface area contributed by atoms with Crippen LogP contribution in [0.1, 0.15) is 19.4 Å². The molecule has 2 aromatic heterocycles. The monoisotopic (exact) mass is 480 g/mol. The molecule has 4 aromatic carbocycles. The molecule has 2 heterocycles. The second kappa shape index (κ2) is 8.92. The zero-order valence-electron chi connectivity index (χ0n) is 20.6. The van der Waals surface area contributed by atoms with Gasteiger partial charge in [-0.3, -0.25) is 10.1 Å². The number of ether oxygens (including phenoxy) is 1. The number of hydrogen-bond donors (Lipinski definition) is 1.